The second-order valence-electron chi connectivity index (χ2n) is 7.11. The highest BCUT2D eigenvalue weighted by Gasteiger charge is 2.35. The Morgan fingerprint density at radius 1 is 1.03 bits per heavy atom. The Balaban J connectivity index is 1.71. The van der Waals surface area contributed by atoms with Crippen LogP contribution in [0.5, 0.6) is 0 Å². The van der Waals surface area contributed by atoms with Gasteiger partial charge in [-0.3, -0.25) is 19.8 Å². The number of hydrogen-bond donors (Lipinski definition) is 1. The van der Waals surface area contributed by atoms with Gasteiger partial charge in [0.2, 0.25) is 0 Å². The molecule has 1 aliphatic rings. The minimum Gasteiger partial charge on any atom is -0.457 e. The Kier molecular flexibility index (Phi) is 5.71. The summed E-state index contributed by atoms with van der Waals surface area (Å²) in [6.45, 7) is 3.85. The largest absolute Gasteiger partial charge is 0.457 e. The Morgan fingerprint density at radius 3 is 2.45 bits per heavy atom. The third kappa shape index (κ3) is 4.14. The van der Waals surface area contributed by atoms with Crippen molar-refractivity contribution in [2.75, 3.05) is 4.90 Å². The first kappa shape index (κ1) is 21.3. The number of aryl methyl sites for hydroxylation is 2. The van der Waals surface area contributed by atoms with E-state index in [1.807, 2.05) is 32.0 Å². The Labute approximate surface area is 194 Å². The summed E-state index contributed by atoms with van der Waals surface area (Å²) in [6, 6.07) is 14.2. The number of hydrogen-bond acceptors (Lipinski definition) is 4. The zero-order chi connectivity index (χ0) is 22.3. The van der Waals surface area contributed by atoms with Gasteiger partial charge in [-0.1, -0.05) is 35.3 Å². The number of rotatable bonds is 3. The van der Waals surface area contributed by atoms with Crippen molar-refractivity contribution in [3.8, 4) is 11.3 Å². The lowest BCUT2D eigenvalue weighted by Crippen LogP contribution is -2.54. The number of nitrogens with zero attached hydrogens (tertiary/aromatic N) is 1. The van der Waals surface area contributed by atoms with Crippen molar-refractivity contribution < 1.29 is 14.0 Å². The average Bonchev–Trinajstić information content (AvgIpc) is 3.15. The minimum atomic E-state index is -0.589. The molecule has 5 nitrogen and oxygen atoms in total. The van der Waals surface area contributed by atoms with E-state index in [1.54, 1.807) is 30.3 Å². The Morgan fingerprint density at radius 2 is 1.74 bits per heavy atom. The molecule has 0 aliphatic carbocycles. The van der Waals surface area contributed by atoms with Crippen LogP contribution < -0.4 is 10.2 Å². The third-order valence-corrected chi connectivity index (χ3v) is 5.80. The number of anilines is 1. The summed E-state index contributed by atoms with van der Waals surface area (Å²) < 4.78 is 5.81. The second kappa shape index (κ2) is 8.30. The summed E-state index contributed by atoms with van der Waals surface area (Å²) in [5.41, 5.74) is 3.05. The molecule has 1 N–H and O–H groups in total. The van der Waals surface area contributed by atoms with Gasteiger partial charge in [0.1, 0.15) is 17.1 Å². The lowest BCUT2D eigenvalue weighted by atomic mass is 10.1. The van der Waals surface area contributed by atoms with E-state index in [9.17, 15) is 9.59 Å². The molecule has 3 aromatic rings. The molecule has 0 atom stereocenters. The highest BCUT2D eigenvalue weighted by Crippen LogP contribution is 2.35. The van der Waals surface area contributed by atoms with Gasteiger partial charge in [0, 0.05) is 5.56 Å². The monoisotopic (exact) mass is 470 g/mol. The van der Waals surface area contributed by atoms with Gasteiger partial charge in [-0.15, -0.1) is 0 Å². The maximum Gasteiger partial charge on any atom is 0.270 e. The maximum absolute atomic E-state index is 13.2. The number of thiocarbonyl (C=S) groups is 1. The van der Waals surface area contributed by atoms with E-state index in [1.165, 1.54) is 11.0 Å². The van der Waals surface area contributed by atoms with Gasteiger partial charge in [-0.25, -0.2) is 0 Å². The van der Waals surface area contributed by atoms with E-state index in [4.69, 9.17) is 39.8 Å². The van der Waals surface area contributed by atoms with E-state index in [0.717, 1.165) is 11.1 Å². The smallest absolute Gasteiger partial charge is 0.270 e. The van der Waals surface area contributed by atoms with Crippen LogP contribution in [-0.4, -0.2) is 16.9 Å². The van der Waals surface area contributed by atoms with Crippen molar-refractivity contribution in [1.82, 2.24) is 5.32 Å². The van der Waals surface area contributed by atoms with Gasteiger partial charge in [0.05, 0.1) is 15.7 Å². The summed E-state index contributed by atoms with van der Waals surface area (Å²) in [7, 11) is 0. The van der Waals surface area contributed by atoms with Crippen LogP contribution in [0.4, 0.5) is 5.69 Å². The summed E-state index contributed by atoms with van der Waals surface area (Å²) in [4.78, 5) is 27.0. The second-order valence-corrected chi connectivity index (χ2v) is 8.28. The predicted octanol–water partition coefficient (Wildman–Crippen LogP) is 5.70. The fraction of sp³-hybridized carbons (Fsp3) is 0.0870. The summed E-state index contributed by atoms with van der Waals surface area (Å²) in [5, 5.41) is 3.36. The molecule has 0 radical (unpaired) electrons. The van der Waals surface area contributed by atoms with Crippen molar-refractivity contribution in [3.05, 3.63) is 81.0 Å². The van der Waals surface area contributed by atoms with E-state index >= 15 is 0 Å². The minimum absolute atomic E-state index is 0.0305. The SMILES string of the molecule is Cc1cc(C)cc(N2C(=O)/C(=C\c3ccc(-c4cccc(Cl)c4Cl)o3)C(=O)NC2=S)c1. The van der Waals surface area contributed by atoms with Crippen LogP contribution >= 0.6 is 35.4 Å². The Hall–Kier alpha value is -2.93. The van der Waals surface area contributed by atoms with Gasteiger partial charge >= 0.3 is 0 Å². The molecule has 0 bridgehead atoms. The molecule has 4 rings (SSSR count). The van der Waals surface area contributed by atoms with Crippen LogP contribution in [0.15, 0.2) is 58.5 Å². The molecule has 156 valence electrons. The van der Waals surface area contributed by atoms with Gasteiger partial charge in [0.15, 0.2) is 5.11 Å². The van der Waals surface area contributed by atoms with Gasteiger partial charge in [-0.2, -0.15) is 0 Å². The Bertz CT molecular complexity index is 1260. The quantitative estimate of drug-likeness (QED) is 0.302. The fourth-order valence-corrected chi connectivity index (χ4v) is 4.06. The molecular weight excluding hydrogens is 455 g/mol. The van der Waals surface area contributed by atoms with Crippen LogP contribution in [0, 0.1) is 13.8 Å². The molecular formula is C23H16Cl2N2O3S. The summed E-state index contributed by atoms with van der Waals surface area (Å²) >= 11 is 17.6. The first-order valence-corrected chi connectivity index (χ1v) is 10.4. The van der Waals surface area contributed by atoms with Crippen molar-refractivity contribution in [2.45, 2.75) is 13.8 Å². The van der Waals surface area contributed by atoms with Crippen molar-refractivity contribution in [2.24, 2.45) is 0 Å². The first-order valence-electron chi connectivity index (χ1n) is 9.28. The third-order valence-electron chi connectivity index (χ3n) is 4.70. The molecule has 1 aromatic heterocycles. The maximum atomic E-state index is 13.2. The lowest BCUT2D eigenvalue weighted by Gasteiger charge is -2.29. The molecule has 2 amide bonds. The molecule has 2 heterocycles. The summed E-state index contributed by atoms with van der Waals surface area (Å²) in [6.07, 6.45) is 1.39. The van der Waals surface area contributed by atoms with Crippen LogP contribution in [-0.2, 0) is 9.59 Å². The van der Waals surface area contributed by atoms with Gasteiger partial charge < -0.3 is 4.42 Å². The van der Waals surface area contributed by atoms with Crippen LogP contribution in [0.3, 0.4) is 0 Å². The molecule has 8 heteroatoms. The molecule has 0 unspecified atom stereocenters. The van der Waals surface area contributed by atoms with Crippen LogP contribution in [0.25, 0.3) is 17.4 Å². The average molecular weight is 471 g/mol. The molecule has 2 aromatic carbocycles. The molecule has 0 spiro atoms. The zero-order valence-corrected chi connectivity index (χ0v) is 18.9. The van der Waals surface area contributed by atoms with Crippen molar-refractivity contribution in [1.29, 1.82) is 0 Å². The highest BCUT2D eigenvalue weighted by atomic mass is 35.5. The van der Waals surface area contributed by atoms with E-state index in [0.29, 0.717) is 32.8 Å². The lowest BCUT2D eigenvalue weighted by molar-refractivity contribution is -0.122. The normalized spacial score (nSPS) is 15.5. The topological polar surface area (TPSA) is 62.6 Å². The van der Waals surface area contributed by atoms with Gasteiger partial charge in [0.25, 0.3) is 11.8 Å². The molecule has 0 saturated carbocycles. The van der Waals surface area contributed by atoms with E-state index in [-0.39, 0.29) is 10.7 Å². The number of nitrogens with one attached hydrogen (secondary N) is 1. The number of carbonyl (C=O) groups excluding carboxylic acids is 2. The molecule has 1 aliphatic heterocycles. The van der Waals surface area contributed by atoms with Crippen LogP contribution in [0.1, 0.15) is 16.9 Å². The van der Waals surface area contributed by atoms with Crippen LogP contribution in [0.2, 0.25) is 10.0 Å². The standard InChI is InChI=1S/C23H16Cl2N2O3S/c1-12-8-13(2)10-14(9-12)27-22(29)17(21(28)26-23(27)31)11-15-6-7-19(30-15)16-4-3-5-18(24)20(16)25/h3-11H,1-2H3,(H,26,28,31)/b17-11-. The van der Waals surface area contributed by atoms with Gasteiger partial charge in [-0.05, 0) is 79.7 Å². The predicted molar refractivity (Wildman–Crippen MR) is 126 cm³/mol. The number of furan rings is 1. The fourth-order valence-electron chi connectivity index (χ4n) is 3.38. The number of carbonyl (C=O) groups is 2. The number of benzene rings is 2. The van der Waals surface area contributed by atoms with E-state index < -0.39 is 11.8 Å². The molecule has 1 saturated heterocycles. The van der Waals surface area contributed by atoms with Crippen molar-refractivity contribution >= 4 is 64.1 Å². The summed E-state index contributed by atoms with van der Waals surface area (Å²) in [5.74, 6) is -0.339. The number of halogens is 2. The van der Waals surface area contributed by atoms with Crippen molar-refractivity contribution in [3.63, 3.8) is 0 Å². The molecule has 31 heavy (non-hydrogen) atoms. The number of amides is 2. The first-order chi connectivity index (χ1) is 14.7. The highest BCUT2D eigenvalue weighted by molar-refractivity contribution is 7.80. The zero-order valence-electron chi connectivity index (χ0n) is 16.5. The molecule has 1 fully saturated rings. The van der Waals surface area contributed by atoms with E-state index in [2.05, 4.69) is 5.32 Å².